The minimum atomic E-state index is -0.822. The number of nitrogens with zero attached hydrogens (tertiary/aromatic N) is 3. The quantitative estimate of drug-likeness (QED) is 0.662. The average molecular weight is 424 g/mol. The monoisotopic (exact) mass is 423 g/mol. The van der Waals surface area contributed by atoms with Gasteiger partial charge in [0.15, 0.2) is 0 Å². The Labute approximate surface area is 183 Å². The molecule has 5 rings (SSSR count). The first-order chi connectivity index (χ1) is 15.1. The number of halogens is 1. The lowest BCUT2D eigenvalue weighted by atomic mass is 9.83. The van der Waals surface area contributed by atoms with Crippen LogP contribution in [-0.4, -0.2) is 52.9 Å². The van der Waals surface area contributed by atoms with Crippen molar-refractivity contribution in [3.8, 4) is 0 Å². The fourth-order valence-electron chi connectivity index (χ4n) is 5.68. The van der Waals surface area contributed by atoms with Crippen molar-refractivity contribution >= 4 is 11.8 Å². The minimum absolute atomic E-state index is 0.152. The summed E-state index contributed by atoms with van der Waals surface area (Å²) in [4.78, 5) is 20.4. The molecule has 1 saturated heterocycles. The molecule has 0 aromatic heterocycles. The molecule has 3 heterocycles. The van der Waals surface area contributed by atoms with Gasteiger partial charge in [-0.15, -0.1) is 0 Å². The van der Waals surface area contributed by atoms with Gasteiger partial charge in [0.25, 0.3) is 0 Å². The van der Waals surface area contributed by atoms with E-state index in [0.717, 1.165) is 81.6 Å². The van der Waals surface area contributed by atoms with Crippen LogP contribution in [0.2, 0.25) is 0 Å². The molecular formula is C25H30FN3O2. The highest BCUT2D eigenvalue weighted by atomic mass is 19.1. The first-order valence-corrected chi connectivity index (χ1v) is 11.6. The van der Waals surface area contributed by atoms with Crippen molar-refractivity contribution in [2.45, 2.75) is 51.4 Å². The van der Waals surface area contributed by atoms with Gasteiger partial charge in [0.2, 0.25) is 0 Å². The molecule has 0 spiro atoms. The summed E-state index contributed by atoms with van der Waals surface area (Å²) in [6, 6.07) is 0. The summed E-state index contributed by atoms with van der Waals surface area (Å²) in [7, 11) is 0. The van der Waals surface area contributed by atoms with E-state index in [2.05, 4.69) is 16.0 Å². The normalized spacial score (nSPS) is 24.7. The van der Waals surface area contributed by atoms with E-state index in [1.807, 2.05) is 6.20 Å². The van der Waals surface area contributed by atoms with Crippen molar-refractivity contribution in [3.05, 3.63) is 58.2 Å². The Balaban J connectivity index is 1.21. The van der Waals surface area contributed by atoms with Gasteiger partial charge in [-0.2, -0.15) is 0 Å². The summed E-state index contributed by atoms with van der Waals surface area (Å²) < 4.78 is 13.7. The number of carboxylic acid groups (broad SMARTS) is 1. The largest absolute Gasteiger partial charge is 0.465 e. The third-order valence-electron chi connectivity index (χ3n) is 7.37. The first kappa shape index (κ1) is 20.4. The van der Waals surface area contributed by atoms with Gasteiger partial charge in [-0.3, -0.25) is 9.89 Å². The third-order valence-corrected chi connectivity index (χ3v) is 7.37. The minimum Gasteiger partial charge on any atom is -0.465 e. The zero-order valence-corrected chi connectivity index (χ0v) is 17.9. The number of piperidine rings is 1. The van der Waals surface area contributed by atoms with Gasteiger partial charge < -0.3 is 10.0 Å². The lowest BCUT2D eigenvalue weighted by Crippen LogP contribution is -2.39. The fraction of sp³-hybridized carbons (Fsp3) is 0.520. The summed E-state index contributed by atoms with van der Waals surface area (Å²) in [6.07, 6.45) is 14.2. The van der Waals surface area contributed by atoms with E-state index in [4.69, 9.17) is 0 Å². The number of hydrogen-bond donors (Lipinski definition) is 1. The number of amides is 1. The van der Waals surface area contributed by atoms with Crippen LogP contribution in [0.4, 0.5) is 9.18 Å². The molecule has 0 aromatic carbocycles. The second kappa shape index (κ2) is 8.58. The summed E-state index contributed by atoms with van der Waals surface area (Å²) in [5.41, 5.74) is 6.89. The molecule has 1 fully saturated rings. The van der Waals surface area contributed by atoms with Crippen LogP contribution in [0.3, 0.4) is 0 Å². The second-order valence-corrected chi connectivity index (χ2v) is 9.11. The molecular weight excluding hydrogens is 393 g/mol. The average Bonchev–Trinajstić information content (AvgIpc) is 3.20. The van der Waals surface area contributed by atoms with Gasteiger partial charge in [-0.05, 0) is 86.4 Å². The number of allylic oxidation sites excluding steroid dienone is 7. The summed E-state index contributed by atoms with van der Waals surface area (Å²) >= 11 is 0. The molecule has 0 aromatic rings. The Morgan fingerprint density at radius 1 is 1.19 bits per heavy atom. The molecule has 0 bridgehead atoms. The molecule has 6 heteroatoms. The van der Waals surface area contributed by atoms with E-state index in [0.29, 0.717) is 18.9 Å². The van der Waals surface area contributed by atoms with Crippen molar-refractivity contribution in [1.29, 1.82) is 0 Å². The Hall–Kier alpha value is -2.47. The van der Waals surface area contributed by atoms with Crippen molar-refractivity contribution in [2.75, 3.05) is 26.2 Å². The highest BCUT2D eigenvalue weighted by Gasteiger charge is 2.31. The van der Waals surface area contributed by atoms with E-state index in [1.165, 1.54) is 16.7 Å². The van der Waals surface area contributed by atoms with Gasteiger partial charge in [-0.1, -0.05) is 6.08 Å². The number of fused-ring (bicyclic) bond motifs is 2. The molecule has 5 nitrogen and oxygen atoms in total. The maximum absolute atomic E-state index is 13.7. The molecule has 1 N–H and O–H groups in total. The number of hydrogen-bond acceptors (Lipinski definition) is 3. The van der Waals surface area contributed by atoms with Gasteiger partial charge in [0, 0.05) is 43.4 Å². The summed E-state index contributed by atoms with van der Waals surface area (Å²) in [6.45, 7) is 3.45. The molecule has 31 heavy (non-hydrogen) atoms. The van der Waals surface area contributed by atoms with Gasteiger partial charge in [0.1, 0.15) is 5.83 Å². The SMILES string of the molecule is O=C(O)N1CCC2=CCCCC2=C1CCN1CCC(C2=CN=C3CC=C(F)C=C23)CC1. The van der Waals surface area contributed by atoms with Crippen molar-refractivity contribution in [3.63, 3.8) is 0 Å². The highest BCUT2D eigenvalue weighted by molar-refractivity contribution is 6.08. The van der Waals surface area contributed by atoms with Gasteiger partial charge >= 0.3 is 6.09 Å². The van der Waals surface area contributed by atoms with E-state index in [-0.39, 0.29) is 5.83 Å². The van der Waals surface area contributed by atoms with E-state index >= 15 is 0 Å². The highest BCUT2D eigenvalue weighted by Crippen LogP contribution is 2.38. The van der Waals surface area contributed by atoms with Crippen LogP contribution in [0, 0.1) is 5.92 Å². The smallest absolute Gasteiger partial charge is 0.411 e. The fourth-order valence-corrected chi connectivity index (χ4v) is 5.68. The molecule has 2 aliphatic carbocycles. The van der Waals surface area contributed by atoms with Crippen molar-refractivity contribution in [1.82, 2.24) is 9.80 Å². The predicted octanol–water partition coefficient (Wildman–Crippen LogP) is 5.36. The molecule has 0 unspecified atom stereocenters. The van der Waals surface area contributed by atoms with Crippen LogP contribution in [0.15, 0.2) is 63.2 Å². The van der Waals surface area contributed by atoms with Crippen LogP contribution in [-0.2, 0) is 0 Å². The maximum atomic E-state index is 13.7. The summed E-state index contributed by atoms with van der Waals surface area (Å²) in [5.74, 6) is 0.273. The lowest BCUT2D eigenvalue weighted by Gasteiger charge is -2.36. The van der Waals surface area contributed by atoms with E-state index in [1.54, 1.807) is 17.1 Å². The molecule has 3 aliphatic heterocycles. The summed E-state index contributed by atoms with van der Waals surface area (Å²) in [5, 5.41) is 9.71. The van der Waals surface area contributed by atoms with Gasteiger partial charge in [-0.25, -0.2) is 9.18 Å². The van der Waals surface area contributed by atoms with Crippen LogP contribution in [0.1, 0.15) is 51.4 Å². The van der Waals surface area contributed by atoms with E-state index in [9.17, 15) is 14.3 Å². The van der Waals surface area contributed by atoms with E-state index < -0.39 is 6.09 Å². The number of aliphatic imine (C=N–C) groups is 1. The number of rotatable bonds is 4. The Morgan fingerprint density at radius 3 is 2.84 bits per heavy atom. The van der Waals surface area contributed by atoms with Crippen LogP contribution in [0.5, 0.6) is 0 Å². The molecule has 0 radical (unpaired) electrons. The molecule has 164 valence electrons. The Bertz CT molecular complexity index is 961. The second-order valence-electron chi connectivity index (χ2n) is 9.11. The van der Waals surface area contributed by atoms with Crippen molar-refractivity contribution in [2.24, 2.45) is 10.9 Å². The molecule has 0 saturated carbocycles. The van der Waals surface area contributed by atoms with Crippen LogP contribution in [0.25, 0.3) is 0 Å². The molecule has 5 aliphatic rings. The Morgan fingerprint density at radius 2 is 2.03 bits per heavy atom. The van der Waals surface area contributed by atoms with Crippen LogP contribution >= 0.6 is 0 Å². The zero-order chi connectivity index (χ0) is 21.4. The lowest BCUT2D eigenvalue weighted by molar-refractivity contribution is 0.151. The van der Waals surface area contributed by atoms with Crippen LogP contribution < -0.4 is 0 Å². The maximum Gasteiger partial charge on any atom is 0.411 e. The van der Waals surface area contributed by atoms with Gasteiger partial charge in [0.05, 0.1) is 5.71 Å². The topological polar surface area (TPSA) is 56.1 Å². The van der Waals surface area contributed by atoms with Crippen molar-refractivity contribution < 1.29 is 14.3 Å². The standard InChI is InChI=1S/C25H30FN3O2/c26-19-5-6-23-21(15-19)22(16-27-23)18-7-11-28(12-8-18)13-10-24-20-4-2-1-3-17(20)9-14-29(24)25(30)31/h3,5,15-16,18H,1-2,4,6-14H2,(H,30,31). The zero-order valence-electron chi connectivity index (χ0n) is 17.9. The third kappa shape index (κ3) is 4.05. The first-order valence-electron chi connectivity index (χ1n) is 11.6. The Kier molecular flexibility index (Phi) is 5.65. The molecule has 1 amide bonds. The predicted molar refractivity (Wildman–Crippen MR) is 119 cm³/mol. The molecule has 0 atom stereocenters. The number of likely N-dealkylation sites (tertiary alicyclic amines) is 1. The number of carbonyl (C=O) groups is 1.